The summed E-state index contributed by atoms with van der Waals surface area (Å²) >= 11 is 0. The summed E-state index contributed by atoms with van der Waals surface area (Å²) < 4.78 is 0. The zero-order chi connectivity index (χ0) is 19.8. The van der Waals surface area contributed by atoms with E-state index < -0.39 is 0 Å². The standard InChI is InChI=1S/C21H37N7/c1-4-22-21(24-15-20-17-26(2)13-14-27(20)3)25-18-8-11-28(12-9-18)16-19-7-5-6-10-23-19/h5-7,10,18,20H,4,8-9,11-17H2,1-3H3,(H2,22,24,25). The third-order valence-electron chi connectivity index (χ3n) is 5.82. The predicted molar refractivity (Wildman–Crippen MR) is 116 cm³/mol. The lowest BCUT2D eigenvalue weighted by Gasteiger charge is -2.37. The van der Waals surface area contributed by atoms with Crippen LogP contribution in [0.15, 0.2) is 29.4 Å². The van der Waals surface area contributed by atoms with Gasteiger partial charge in [-0.25, -0.2) is 0 Å². The summed E-state index contributed by atoms with van der Waals surface area (Å²) in [6.45, 7) is 10.4. The monoisotopic (exact) mass is 387 g/mol. The lowest BCUT2D eigenvalue weighted by Crippen LogP contribution is -2.52. The maximum Gasteiger partial charge on any atom is 0.191 e. The Kier molecular flexibility index (Phi) is 8.06. The van der Waals surface area contributed by atoms with Crippen molar-refractivity contribution in [2.75, 3.05) is 59.9 Å². The summed E-state index contributed by atoms with van der Waals surface area (Å²) in [6, 6.07) is 7.14. The number of nitrogens with zero attached hydrogens (tertiary/aromatic N) is 5. The molecule has 0 aliphatic carbocycles. The van der Waals surface area contributed by atoms with Gasteiger partial charge in [-0.15, -0.1) is 0 Å². The van der Waals surface area contributed by atoms with Crippen LogP contribution in [0, 0.1) is 0 Å². The van der Waals surface area contributed by atoms with Crippen LogP contribution < -0.4 is 10.6 Å². The van der Waals surface area contributed by atoms with Gasteiger partial charge in [-0.3, -0.25) is 19.8 Å². The fourth-order valence-electron chi connectivity index (χ4n) is 3.96. The average molecular weight is 388 g/mol. The second-order valence-corrected chi connectivity index (χ2v) is 8.13. The molecular formula is C21H37N7. The van der Waals surface area contributed by atoms with Crippen LogP contribution in [0.3, 0.4) is 0 Å². The molecule has 1 aromatic rings. The van der Waals surface area contributed by atoms with Crippen LogP contribution in [0.4, 0.5) is 0 Å². The molecule has 1 aromatic heterocycles. The first-order chi connectivity index (χ1) is 13.6. The summed E-state index contributed by atoms with van der Waals surface area (Å²) in [6.07, 6.45) is 4.16. The van der Waals surface area contributed by atoms with E-state index in [1.165, 1.54) is 0 Å². The van der Waals surface area contributed by atoms with Crippen LogP contribution in [0.1, 0.15) is 25.5 Å². The van der Waals surface area contributed by atoms with Gasteiger partial charge < -0.3 is 15.5 Å². The molecule has 2 aliphatic rings. The first kappa shape index (κ1) is 21.0. The van der Waals surface area contributed by atoms with Gasteiger partial charge in [0.15, 0.2) is 5.96 Å². The molecule has 2 aliphatic heterocycles. The van der Waals surface area contributed by atoms with Gasteiger partial charge in [0, 0.05) is 64.1 Å². The highest BCUT2D eigenvalue weighted by Crippen LogP contribution is 2.13. The Morgan fingerprint density at radius 3 is 2.71 bits per heavy atom. The van der Waals surface area contributed by atoms with Crippen molar-refractivity contribution in [3.8, 4) is 0 Å². The Hall–Kier alpha value is -1.70. The van der Waals surface area contributed by atoms with Gasteiger partial charge in [0.2, 0.25) is 0 Å². The van der Waals surface area contributed by atoms with Crippen molar-refractivity contribution in [2.24, 2.45) is 4.99 Å². The molecule has 0 saturated carbocycles. The topological polar surface area (TPSA) is 59.0 Å². The predicted octanol–water partition coefficient (Wildman–Crippen LogP) is 0.847. The van der Waals surface area contributed by atoms with E-state index in [0.29, 0.717) is 12.1 Å². The molecule has 1 atom stereocenters. The Bertz CT molecular complexity index is 598. The van der Waals surface area contributed by atoms with Crippen molar-refractivity contribution >= 4 is 5.96 Å². The molecule has 3 heterocycles. The molecule has 7 nitrogen and oxygen atoms in total. The van der Waals surface area contributed by atoms with Gasteiger partial charge in [0.1, 0.15) is 0 Å². The first-order valence-corrected chi connectivity index (χ1v) is 10.7. The summed E-state index contributed by atoms with van der Waals surface area (Å²) in [5, 5.41) is 7.10. The van der Waals surface area contributed by atoms with Crippen molar-refractivity contribution in [2.45, 2.75) is 38.4 Å². The van der Waals surface area contributed by atoms with Crippen LogP contribution in [0.5, 0.6) is 0 Å². The minimum absolute atomic E-state index is 0.490. The Balaban J connectivity index is 1.46. The van der Waals surface area contributed by atoms with Crippen LogP contribution in [0.25, 0.3) is 0 Å². The third kappa shape index (κ3) is 6.43. The molecule has 0 radical (unpaired) electrons. The van der Waals surface area contributed by atoms with Crippen molar-refractivity contribution in [1.82, 2.24) is 30.3 Å². The Labute approximate surface area is 170 Å². The molecule has 28 heavy (non-hydrogen) atoms. The molecule has 2 saturated heterocycles. The number of likely N-dealkylation sites (N-methyl/N-ethyl adjacent to an activating group) is 2. The van der Waals surface area contributed by atoms with Crippen molar-refractivity contribution in [3.05, 3.63) is 30.1 Å². The van der Waals surface area contributed by atoms with Gasteiger partial charge >= 0.3 is 0 Å². The number of aliphatic imine (C=N–C) groups is 1. The maximum atomic E-state index is 4.91. The van der Waals surface area contributed by atoms with E-state index in [1.807, 2.05) is 12.3 Å². The largest absolute Gasteiger partial charge is 0.357 e. The molecule has 0 bridgehead atoms. The molecule has 0 aromatic carbocycles. The van der Waals surface area contributed by atoms with Crippen LogP contribution in [-0.2, 0) is 6.54 Å². The fourth-order valence-corrected chi connectivity index (χ4v) is 3.96. The minimum atomic E-state index is 0.490. The molecule has 156 valence electrons. The van der Waals surface area contributed by atoms with Crippen LogP contribution >= 0.6 is 0 Å². The number of nitrogens with one attached hydrogen (secondary N) is 2. The van der Waals surface area contributed by atoms with Gasteiger partial charge in [-0.1, -0.05) is 6.07 Å². The van der Waals surface area contributed by atoms with Crippen molar-refractivity contribution in [1.29, 1.82) is 0 Å². The maximum absolute atomic E-state index is 4.91. The van der Waals surface area contributed by atoms with Gasteiger partial charge in [-0.05, 0) is 46.0 Å². The highest BCUT2D eigenvalue weighted by atomic mass is 15.3. The molecule has 7 heteroatoms. The summed E-state index contributed by atoms with van der Waals surface area (Å²) in [7, 11) is 4.41. The highest BCUT2D eigenvalue weighted by Gasteiger charge is 2.23. The van der Waals surface area contributed by atoms with E-state index in [4.69, 9.17) is 4.99 Å². The van der Waals surface area contributed by atoms with E-state index in [1.54, 1.807) is 0 Å². The van der Waals surface area contributed by atoms with Crippen LogP contribution in [0.2, 0.25) is 0 Å². The van der Waals surface area contributed by atoms with E-state index >= 15 is 0 Å². The number of rotatable bonds is 6. The van der Waals surface area contributed by atoms with Gasteiger partial charge in [0.05, 0.1) is 12.2 Å². The summed E-state index contributed by atoms with van der Waals surface area (Å²) in [5.74, 6) is 0.965. The molecule has 2 N–H and O–H groups in total. The SMILES string of the molecule is CCNC(=NCC1CN(C)CCN1C)NC1CCN(Cc2ccccn2)CC1. The molecule has 3 rings (SSSR count). The van der Waals surface area contributed by atoms with E-state index in [2.05, 4.69) is 63.5 Å². The lowest BCUT2D eigenvalue weighted by atomic mass is 10.0. The zero-order valence-electron chi connectivity index (χ0n) is 17.8. The quantitative estimate of drug-likeness (QED) is 0.557. The summed E-state index contributed by atoms with van der Waals surface area (Å²) in [4.78, 5) is 16.7. The molecule has 0 amide bonds. The smallest absolute Gasteiger partial charge is 0.191 e. The molecule has 1 unspecified atom stereocenters. The number of aromatic nitrogens is 1. The fraction of sp³-hybridized carbons (Fsp3) is 0.714. The van der Waals surface area contributed by atoms with Crippen LogP contribution in [-0.4, -0.2) is 97.6 Å². The van der Waals surface area contributed by atoms with E-state index in [0.717, 1.165) is 76.9 Å². The number of likely N-dealkylation sites (tertiary alicyclic amines) is 1. The zero-order valence-corrected chi connectivity index (χ0v) is 17.8. The first-order valence-electron chi connectivity index (χ1n) is 10.7. The normalized spacial score (nSPS) is 23.7. The Morgan fingerprint density at radius 1 is 1.18 bits per heavy atom. The second kappa shape index (κ2) is 10.7. The molecular weight excluding hydrogens is 350 g/mol. The highest BCUT2D eigenvalue weighted by molar-refractivity contribution is 5.80. The van der Waals surface area contributed by atoms with E-state index in [-0.39, 0.29) is 0 Å². The summed E-state index contributed by atoms with van der Waals surface area (Å²) in [5.41, 5.74) is 1.16. The number of hydrogen-bond acceptors (Lipinski definition) is 5. The molecule has 0 spiro atoms. The third-order valence-corrected chi connectivity index (χ3v) is 5.82. The van der Waals surface area contributed by atoms with Gasteiger partial charge in [-0.2, -0.15) is 0 Å². The molecule has 2 fully saturated rings. The lowest BCUT2D eigenvalue weighted by molar-refractivity contribution is 0.119. The van der Waals surface area contributed by atoms with E-state index in [9.17, 15) is 0 Å². The number of piperazine rings is 1. The average Bonchev–Trinajstić information content (AvgIpc) is 2.71. The number of hydrogen-bond donors (Lipinski definition) is 2. The minimum Gasteiger partial charge on any atom is -0.357 e. The number of guanidine groups is 1. The Morgan fingerprint density at radius 2 is 2.00 bits per heavy atom. The van der Waals surface area contributed by atoms with Crippen molar-refractivity contribution in [3.63, 3.8) is 0 Å². The second-order valence-electron chi connectivity index (χ2n) is 8.13. The number of pyridine rings is 1. The number of piperidine rings is 1. The van der Waals surface area contributed by atoms with Gasteiger partial charge in [0.25, 0.3) is 0 Å². The van der Waals surface area contributed by atoms with Crippen molar-refractivity contribution < 1.29 is 0 Å².